The molecule has 0 atom stereocenters. The van der Waals surface area contributed by atoms with Crippen molar-refractivity contribution < 1.29 is 0 Å². The maximum atomic E-state index is 6.15. The lowest BCUT2D eigenvalue weighted by Crippen LogP contribution is -2.39. The van der Waals surface area contributed by atoms with E-state index in [1.54, 1.807) is 0 Å². The van der Waals surface area contributed by atoms with Gasteiger partial charge in [-0.1, -0.05) is 56.0 Å². The van der Waals surface area contributed by atoms with Crippen molar-refractivity contribution in [2.75, 3.05) is 0 Å². The monoisotopic (exact) mass is 481 g/mol. The van der Waals surface area contributed by atoms with Gasteiger partial charge in [-0.2, -0.15) is 5.10 Å². The molecule has 1 aliphatic carbocycles. The summed E-state index contributed by atoms with van der Waals surface area (Å²) in [6.45, 7) is 5.53. The summed E-state index contributed by atoms with van der Waals surface area (Å²) in [5.74, 6) is 0.562. The number of hydrogen-bond acceptors (Lipinski definition) is 2. The largest absolute Gasteiger partial charge is 0.370 e. The molecule has 6 heteroatoms. The van der Waals surface area contributed by atoms with E-state index < -0.39 is 0 Å². The highest BCUT2D eigenvalue weighted by Crippen LogP contribution is 2.18. The smallest absolute Gasteiger partial charge is 0.189 e. The van der Waals surface area contributed by atoms with Gasteiger partial charge in [-0.05, 0) is 32.3 Å². The molecule has 27 heavy (non-hydrogen) atoms. The molecule has 3 N–H and O–H groups in total. The fourth-order valence-electron chi connectivity index (χ4n) is 3.72. The Bertz CT molecular complexity index is 731. The molecule has 0 spiro atoms. The molecule has 148 valence electrons. The van der Waals surface area contributed by atoms with Gasteiger partial charge in [0.25, 0.3) is 0 Å². The molecular formula is C21H32IN5. The zero-order valence-electron chi connectivity index (χ0n) is 16.4. The molecule has 1 aliphatic rings. The maximum absolute atomic E-state index is 6.15. The molecule has 2 aromatic rings. The molecule has 0 radical (unpaired) electrons. The van der Waals surface area contributed by atoms with Crippen molar-refractivity contribution in [2.24, 2.45) is 10.7 Å². The average Bonchev–Trinajstić information content (AvgIpc) is 2.81. The van der Waals surface area contributed by atoms with Crippen LogP contribution in [0.5, 0.6) is 0 Å². The minimum atomic E-state index is 0. The zero-order chi connectivity index (χ0) is 18.4. The molecule has 0 amide bonds. The first-order valence-electron chi connectivity index (χ1n) is 9.76. The van der Waals surface area contributed by atoms with E-state index in [1.165, 1.54) is 49.7 Å². The van der Waals surface area contributed by atoms with E-state index in [0.29, 0.717) is 18.5 Å². The number of nitrogens with two attached hydrogens (primary N) is 1. The van der Waals surface area contributed by atoms with Gasteiger partial charge in [0.2, 0.25) is 0 Å². The summed E-state index contributed by atoms with van der Waals surface area (Å²) in [7, 11) is 0. The highest BCUT2D eigenvalue weighted by atomic mass is 127. The first-order chi connectivity index (χ1) is 12.6. The Morgan fingerprint density at radius 3 is 2.48 bits per heavy atom. The number of hydrogen-bond donors (Lipinski definition) is 2. The Kier molecular flexibility index (Phi) is 8.60. The number of aliphatic imine (C=N–C) groups is 1. The number of benzene rings is 1. The third-order valence-electron chi connectivity index (χ3n) is 5.32. The second kappa shape index (κ2) is 10.7. The van der Waals surface area contributed by atoms with Gasteiger partial charge in [0.05, 0.1) is 18.8 Å². The van der Waals surface area contributed by atoms with Gasteiger partial charge < -0.3 is 11.1 Å². The summed E-state index contributed by atoms with van der Waals surface area (Å²) in [5.41, 5.74) is 10.8. The van der Waals surface area contributed by atoms with E-state index in [9.17, 15) is 0 Å². The predicted octanol–water partition coefficient (Wildman–Crippen LogP) is 4.29. The normalized spacial score (nSPS) is 15.9. The van der Waals surface area contributed by atoms with Crippen LogP contribution in [0, 0.1) is 13.8 Å². The summed E-state index contributed by atoms with van der Waals surface area (Å²) in [6.07, 6.45) is 7.65. The number of nitrogens with zero attached hydrogens (tertiary/aromatic N) is 3. The third-order valence-corrected chi connectivity index (χ3v) is 5.32. The van der Waals surface area contributed by atoms with Crippen LogP contribution in [0.2, 0.25) is 0 Å². The quantitative estimate of drug-likeness (QED) is 0.290. The average molecular weight is 481 g/mol. The molecule has 1 fully saturated rings. The van der Waals surface area contributed by atoms with E-state index in [0.717, 1.165) is 17.9 Å². The van der Waals surface area contributed by atoms with Crippen LogP contribution in [-0.4, -0.2) is 21.8 Å². The van der Waals surface area contributed by atoms with Gasteiger partial charge in [0, 0.05) is 17.3 Å². The number of guanidine groups is 1. The third kappa shape index (κ3) is 6.23. The Labute approximate surface area is 179 Å². The van der Waals surface area contributed by atoms with E-state index >= 15 is 0 Å². The molecule has 1 aromatic heterocycles. The van der Waals surface area contributed by atoms with Crippen molar-refractivity contribution in [1.29, 1.82) is 0 Å². The number of nitrogens with one attached hydrogen (secondary N) is 1. The van der Waals surface area contributed by atoms with E-state index in [1.807, 2.05) is 13.0 Å². The number of aryl methyl sites for hydroxylation is 1. The predicted molar refractivity (Wildman–Crippen MR) is 123 cm³/mol. The van der Waals surface area contributed by atoms with Crippen LogP contribution < -0.4 is 11.1 Å². The second-order valence-electron chi connectivity index (χ2n) is 7.33. The topological polar surface area (TPSA) is 68.2 Å². The number of halogens is 1. The van der Waals surface area contributed by atoms with Crippen molar-refractivity contribution in [3.05, 3.63) is 52.8 Å². The molecule has 0 bridgehead atoms. The highest BCUT2D eigenvalue weighted by molar-refractivity contribution is 14.0. The van der Waals surface area contributed by atoms with Crippen LogP contribution in [0.1, 0.15) is 61.0 Å². The first-order valence-corrected chi connectivity index (χ1v) is 9.76. The lowest BCUT2D eigenvalue weighted by Gasteiger charge is -2.16. The Hall–Kier alpha value is -1.57. The van der Waals surface area contributed by atoms with Crippen LogP contribution in [-0.2, 0) is 13.1 Å². The van der Waals surface area contributed by atoms with Gasteiger partial charge in [-0.15, -0.1) is 24.0 Å². The Morgan fingerprint density at radius 2 is 1.81 bits per heavy atom. The minimum absolute atomic E-state index is 0. The van der Waals surface area contributed by atoms with Crippen LogP contribution in [0.3, 0.4) is 0 Å². The summed E-state index contributed by atoms with van der Waals surface area (Å²) in [5, 5.41) is 8.11. The molecule has 0 unspecified atom stereocenters. The first kappa shape index (κ1) is 21.7. The van der Waals surface area contributed by atoms with Crippen molar-refractivity contribution in [3.63, 3.8) is 0 Å². The SMILES string of the molecule is Cc1nn(Cc2ccccc2)c(C)c1CN=C(N)NC1CCCCCC1.I. The zero-order valence-corrected chi connectivity index (χ0v) is 18.8. The van der Waals surface area contributed by atoms with Crippen LogP contribution in [0.25, 0.3) is 0 Å². The van der Waals surface area contributed by atoms with Gasteiger partial charge in [-0.25, -0.2) is 4.99 Å². The summed E-state index contributed by atoms with van der Waals surface area (Å²) >= 11 is 0. The molecule has 1 saturated carbocycles. The lowest BCUT2D eigenvalue weighted by atomic mass is 10.1. The van der Waals surface area contributed by atoms with Crippen molar-refractivity contribution >= 4 is 29.9 Å². The van der Waals surface area contributed by atoms with Crippen molar-refractivity contribution in [3.8, 4) is 0 Å². The number of rotatable bonds is 5. The molecule has 3 rings (SSSR count). The Balaban J connectivity index is 0.00000261. The van der Waals surface area contributed by atoms with Crippen LogP contribution >= 0.6 is 24.0 Å². The van der Waals surface area contributed by atoms with Crippen LogP contribution in [0.4, 0.5) is 0 Å². The fraction of sp³-hybridized carbons (Fsp3) is 0.524. The van der Waals surface area contributed by atoms with Gasteiger partial charge in [-0.3, -0.25) is 4.68 Å². The number of aromatic nitrogens is 2. The second-order valence-corrected chi connectivity index (χ2v) is 7.33. The highest BCUT2D eigenvalue weighted by Gasteiger charge is 2.14. The van der Waals surface area contributed by atoms with Gasteiger partial charge in [0.1, 0.15) is 0 Å². The standard InChI is InChI=1S/C21H31N5.HI/c1-16-20(14-23-21(22)24-19-12-8-3-4-9-13-19)17(2)26(25-16)15-18-10-6-5-7-11-18;/h5-7,10-11,19H,3-4,8-9,12-15H2,1-2H3,(H3,22,23,24);1H. The molecule has 5 nitrogen and oxygen atoms in total. The van der Waals surface area contributed by atoms with Gasteiger partial charge >= 0.3 is 0 Å². The summed E-state index contributed by atoms with van der Waals surface area (Å²) in [4.78, 5) is 4.59. The van der Waals surface area contributed by atoms with Gasteiger partial charge in [0.15, 0.2) is 5.96 Å². The Morgan fingerprint density at radius 1 is 1.15 bits per heavy atom. The molecule has 0 saturated heterocycles. The lowest BCUT2D eigenvalue weighted by molar-refractivity contribution is 0.530. The van der Waals surface area contributed by atoms with E-state index in [4.69, 9.17) is 10.8 Å². The fourth-order valence-corrected chi connectivity index (χ4v) is 3.72. The van der Waals surface area contributed by atoms with Crippen molar-refractivity contribution in [1.82, 2.24) is 15.1 Å². The molecular weight excluding hydrogens is 449 g/mol. The molecule has 0 aliphatic heterocycles. The summed E-state index contributed by atoms with van der Waals surface area (Å²) < 4.78 is 2.06. The maximum Gasteiger partial charge on any atom is 0.189 e. The summed E-state index contributed by atoms with van der Waals surface area (Å²) in [6, 6.07) is 10.9. The molecule has 1 aromatic carbocycles. The molecule has 1 heterocycles. The van der Waals surface area contributed by atoms with Crippen LogP contribution in [0.15, 0.2) is 35.3 Å². The minimum Gasteiger partial charge on any atom is -0.370 e. The van der Waals surface area contributed by atoms with E-state index in [2.05, 4.69) is 46.2 Å². The van der Waals surface area contributed by atoms with Crippen molar-refractivity contribution in [2.45, 2.75) is 71.5 Å². The van der Waals surface area contributed by atoms with E-state index in [-0.39, 0.29) is 24.0 Å².